The van der Waals surface area contributed by atoms with Crippen molar-refractivity contribution in [3.05, 3.63) is 29.6 Å². The van der Waals surface area contributed by atoms with Gasteiger partial charge in [0.05, 0.1) is 7.11 Å². The Morgan fingerprint density at radius 1 is 1.36 bits per heavy atom. The van der Waals surface area contributed by atoms with Crippen molar-refractivity contribution in [1.82, 2.24) is 4.90 Å². The van der Waals surface area contributed by atoms with Crippen LogP contribution >= 0.6 is 0 Å². The van der Waals surface area contributed by atoms with Crippen molar-refractivity contribution in [3.63, 3.8) is 0 Å². The molecule has 0 bridgehead atoms. The lowest BCUT2D eigenvalue weighted by atomic mass is 10.1. The SMILES string of the molecule is COc1ccc(F)cc1C(C)N(C)C. The Kier molecular flexibility index (Phi) is 3.47. The summed E-state index contributed by atoms with van der Waals surface area (Å²) in [6, 6.07) is 4.72. The smallest absolute Gasteiger partial charge is 0.123 e. The number of halogens is 1. The van der Waals surface area contributed by atoms with E-state index in [0.29, 0.717) is 0 Å². The van der Waals surface area contributed by atoms with Crippen molar-refractivity contribution in [3.8, 4) is 5.75 Å². The minimum absolute atomic E-state index is 0.139. The third kappa shape index (κ3) is 2.23. The van der Waals surface area contributed by atoms with Crippen LogP contribution in [0.4, 0.5) is 4.39 Å². The lowest BCUT2D eigenvalue weighted by Gasteiger charge is -2.22. The predicted molar refractivity (Wildman–Crippen MR) is 55.1 cm³/mol. The molecular weight excluding hydrogens is 181 g/mol. The number of hydrogen-bond donors (Lipinski definition) is 0. The summed E-state index contributed by atoms with van der Waals surface area (Å²) in [5.74, 6) is 0.502. The Labute approximate surface area is 84.3 Å². The number of ether oxygens (including phenoxy) is 1. The largest absolute Gasteiger partial charge is 0.496 e. The van der Waals surface area contributed by atoms with E-state index < -0.39 is 0 Å². The van der Waals surface area contributed by atoms with Crippen LogP contribution in [0.5, 0.6) is 5.75 Å². The second-order valence-corrected chi connectivity index (χ2v) is 3.53. The molecule has 0 aliphatic rings. The fourth-order valence-corrected chi connectivity index (χ4v) is 1.31. The topological polar surface area (TPSA) is 12.5 Å². The summed E-state index contributed by atoms with van der Waals surface area (Å²) in [7, 11) is 5.50. The lowest BCUT2D eigenvalue weighted by Crippen LogP contribution is -2.17. The van der Waals surface area contributed by atoms with E-state index in [1.807, 2.05) is 25.9 Å². The van der Waals surface area contributed by atoms with Gasteiger partial charge in [-0.3, -0.25) is 0 Å². The van der Waals surface area contributed by atoms with E-state index in [1.54, 1.807) is 13.2 Å². The molecule has 0 aliphatic carbocycles. The van der Waals surface area contributed by atoms with Crippen LogP contribution in [0.1, 0.15) is 18.5 Å². The summed E-state index contributed by atoms with van der Waals surface area (Å²) in [6.07, 6.45) is 0. The summed E-state index contributed by atoms with van der Waals surface area (Å²) < 4.78 is 18.2. The summed E-state index contributed by atoms with van der Waals surface area (Å²) >= 11 is 0. The molecule has 0 saturated carbocycles. The van der Waals surface area contributed by atoms with Gasteiger partial charge in [-0.05, 0) is 39.2 Å². The molecule has 78 valence electrons. The first-order valence-corrected chi connectivity index (χ1v) is 4.56. The van der Waals surface area contributed by atoms with Crippen LogP contribution in [0.2, 0.25) is 0 Å². The number of hydrogen-bond acceptors (Lipinski definition) is 2. The van der Waals surface area contributed by atoms with Gasteiger partial charge in [0.1, 0.15) is 11.6 Å². The van der Waals surface area contributed by atoms with Crippen molar-refractivity contribution in [2.75, 3.05) is 21.2 Å². The molecule has 0 heterocycles. The molecule has 0 spiro atoms. The van der Waals surface area contributed by atoms with E-state index >= 15 is 0 Å². The molecule has 0 N–H and O–H groups in total. The van der Waals surface area contributed by atoms with E-state index in [1.165, 1.54) is 12.1 Å². The van der Waals surface area contributed by atoms with Gasteiger partial charge in [-0.2, -0.15) is 0 Å². The molecule has 1 aromatic rings. The molecule has 0 aromatic heterocycles. The van der Waals surface area contributed by atoms with Crippen LogP contribution in [0.25, 0.3) is 0 Å². The zero-order valence-corrected chi connectivity index (χ0v) is 9.04. The highest BCUT2D eigenvalue weighted by molar-refractivity contribution is 5.36. The molecule has 2 nitrogen and oxygen atoms in total. The molecule has 1 aromatic carbocycles. The van der Waals surface area contributed by atoms with E-state index in [9.17, 15) is 4.39 Å². The predicted octanol–water partition coefficient (Wildman–Crippen LogP) is 2.46. The zero-order chi connectivity index (χ0) is 10.7. The fourth-order valence-electron chi connectivity index (χ4n) is 1.31. The molecular formula is C11H16FNO. The fraction of sp³-hybridized carbons (Fsp3) is 0.455. The second kappa shape index (κ2) is 4.42. The lowest BCUT2D eigenvalue weighted by molar-refractivity contribution is 0.307. The maximum atomic E-state index is 13.0. The molecule has 1 atom stereocenters. The minimum Gasteiger partial charge on any atom is -0.496 e. The van der Waals surface area contributed by atoms with Crippen molar-refractivity contribution < 1.29 is 9.13 Å². The van der Waals surface area contributed by atoms with Crippen LogP contribution in [0.3, 0.4) is 0 Å². The third-order valence-electron chi connectivity index (χ3n) is 2.42. The van der Waals surface area contributed by atoms with Crippen molar-refractivity contribution in [2.45, 2.75) is 13.0 Å². The van der Waals surface area contributed by atoms with Crippen molar-refractivity contribution in [1.29, 1.82) is 0 Å². The monoisotopic (exact) mass is 197 g/mol. The van der Waals surface area contributed by atoms with E-state index in [-0.39, 0.29) is 11.9 Å². The highest BCUT2D eigenvalue weighted by atomic mass is 19.1. The maximum Gasteiger partial charge on any atom is 0.123 e. The molecule has 0 amide bonds. The molecule has 0 fully saturated rings. The third-order valence-corrected chi connectivity index (χ3v) is 2.42. The second-order valence-electron chi connectivity index (χ2n) is 3.53. The molecule has 14 heavy (non-hydrogen) atoms. The molecule has 0 aliphatic heterocycles. The van der Waals surface area contributed by atoms with E-state index in [2.05, 4.69) is 0 Å². The van der Waals surface area contributed by atoms with Crippen LogP contribution in [0.15, 0.2) is 18.2 Å². The summed E-state index contributed by atoms with van der Waals surface area (Å²) in [5, 5.41) is 0. The minimum atomic E-state index is -0.227. The van der Waals surface area contributed by atoms with E-state index in [4.69, 9.17) is 4.74 Å². The van der Waals surface area contributed by atoms with E-state index in [0.717, 1.165) is 11.3 Å². The van der Waals surface area contributed by atoms with Gasteiger partial charge in [0.15, 0.2) is 0 Å². The first kappa shape index (κ1) is 11.0. The highest BCUT2D eigenvalue weighted by Crippen LogP contribution is 2.28. The van der Waals surface area contributed by atoms with Crippen LogP contribution in [0, 0.1) is 5.82 Å². The van der Waals surface area contributed by atoms with Gasteiger partial charge < -0.3 is 9.64 Å². The molecule has 0 radical (unpaired) electrons. The van der Waals surface area contributed by atoms with Crippen molar-refractivity contribution in [2.24, 2.45) is 0 Å². The molecule has 1 unspecified atom stereocenters. The summed E-state index contributed by atoms with van der Waals surface area (Å²) in [5.41, 5.74) is 0.873. The first-order chi connectivity index (χ1) is 6.56. The molecule has 0 saturated heterocycles. The number of benzene rings is 1. The number of rotatable bonds is 3. The van der Waals surface area contributed by atoms with Gasteiger partial charge in [-0.25, -0.2) is 4.39 Å². The first-order valence-electron chi connectivity index (χ1n) is 4.56. The Morgan fingerprint density at radius 3 is 2.50 bits per heavy atom. The standard InChI is InChI=1S/C11H16FNO/c1-8(13(2)3)10-7-9(12)5-6-11(10)14-4/h5-8H,1-4H3. The van der Waals surface area contributed by atoms with Crippen LogP contribution in [-0.2, 0) is 0 Å². The maximum absolute atomic E-state index is 13.0. The van der Waals surface area contributed by atoms with Gasteiger partial charge in [0, 0.05) is 11.6 Å². The van der Waals surface area contributed by atoms with Crippen LogP contribution in [-0.4, -0.2) is 26.1 Å². The number of methoxy groups -OCH3 is 1. The van der Waals surface area contributed by atoms with Gasteiger partial charge in [-0.1, -0.05) is 0 Å². The number of nitrogens with zero attached hydrogens (tertiary/aromatic N) is 1. The molecule has 1 rings (SSSR count). The Balaban J connectivity index is 3.10. The summed E-state index contributed by atoms with van der Waals surface area (Å²) in [4.78, 5) is 2.01. The average Bonchev–Trinajstić information content (AvgIpc) is 2.16. The van der Waals surface area contributed by atoms with Gasteiger partial charge in [0.25, 0.3) is 0 Å². The Bertz CT molecular complexity index is 312. The van der Waals surface area contributed by atoms with Gasteiger partial charge in [0.2, 0.25) is 0 Å². The highest BCUT2D eigenvalue weighted by Gasteiger charge is 2.13. The van der Waals surface area contributed by atoms with Crippen molar-refractivity contribution >= 4 is 0 Å². The molecule has 3 heteroatoms. The summed E-state index contributed by atoms with van der Waals surface area (Å²) in [6.45, 7) is 2.01. The quantitative estimate of drug-likeness (QED) is 0.738. The Morgan fingerprint density at radius 2 is 2.00 bits per heavy atom. The normalized spacial score (nSPS) is 13.0. The zero-order valence-electron chi connectivity index (χ0n) is 9.04. The van der Waals surface area contributed by atoms with Gasteiger partial charge in [-0.15, -0.1) is 0 Å². The van der Waals surface area contributed by atoms with Gasteiger partial charge >= 0.3 is 0 Å². The van der Waals surface area contributed by atoms with Crippen LogP contribution < -0.4 is 4.74 Å². The Hall–Kier alpha value is -1.09. The average molecular weight is 197 g/mol.